The van der Waals surface area contributed by atoms with Gasteiger partial charge in [-0.2, -0.15) is 10.1 Å². The van der Waals surface area contributed by atoms with Crippen molar-refractivity contribution in [2.75, 3.05) is 18.5 Å². The standard InChI is InChI=1S/C20H24N4O3/c1-2-27-16-10-4-3-7-13(16)19-18-14(8-5-9-15(18)26)21-20-22-17(11-6-12-25)23-24(19)20/h3-4,7,10,19,25H,2,5-6,8-9,11-12H2,1H3,(H,21,22,23). The van der Waals surface area contributed by atoms with Crippen molar-refractivity contribution in [3.63, 3.8) is 0 Å². The number of anilines is 1. The summed E-state index contributed by atoms with van der Waals surface area (Å²) in [5.41, 5.74) is 2.62. The fourth-order valence-electron chi connectivity index (χ4n) is 3.82. The minimum atomic E-state index is -0.345. The number of carbonyl (C=O) groups excluding carboxylic acids is 1. The summed E-state index contributed by atoms with van der Waals surface area (Å²) in [7, 11) is 0. The van der Waals surface area contributed by atoms with Crippen LogP contribution in [0.15, 0.2) is 35.5 Å². The maximum atomic E-state index is 12.8. The van der Waals surface area contributed by atoms with Crippen LogP contribution in [0.25, 0.3) is 0 Å². The van der Waals surface area contributed by atoms with E-state index in [1.807, 2.05) is 31.2 Å². The molecule has 2 aliphatic rings. The Morgan fingerprint density at radius 1 is 1.33 bits per heavy atom. The van der Waals surface area contributed by atoms with Gasteiger partial charge in [-0.15, -0.1) is 0 Å². The molecule has 0 amide bonds. The Kier molecular flexibility index (Phi) is 4.94. The summed E-state index contributed by atoms with van der Waals surface area (Å²) in [5, 5.41) is 17.1. The third kappa shape index (κ3) is 3.23. The van der Waals surface area contributed by atoms with Gasteiger partial charge in [-0.1, -0.05) is 18.2 Å². The number of ether oxygens (including phenoxy) is 1. The number of hydrogen-bond acceptors (Lipinski definition) is 6. The van der Waals surface area contributed by atoms with E-state index in [1.54, 1.807) is 4.68 Å². The smallest absolute Gasteiger partial charge is 0.226 e. The Hall–Kier alpha value is -2.67. The number of aliphatic hydroxyl groups excluding tert-OH is 1. The first-order chi connectivity index (χ1) is 13.2. The topological polar surface area (TPSA) is 89.3 Å². The summed E-state index contributed by atoms with van der Waals surface area (Å²) in [5.74, 6) is 2.22. The quantitative estimate of drug-likeness (QED) is 0.815. The SMILES string of the molecule is CCOc1ccccc1C1C2=C(CCCC2=O)Nc2nc(CCCO)nn21. The van der Waals surface area contributed by atoms with E-state index in [1.165, 1.54) is 0 Å². The van der Waals surface area contributed by atoms with Crippen LogP contribution in [-0.2, 0) is 11.2 Å². The number of fused-ring (bicyclic) bond motifs is 1. The summed E-state index contributed by atoms with van der Waals surface area (Å²) in [6.45, 7) is 2.60. The minimum Gasteiger partial charge on any atom is -0.494 e. The lowest BCUT2D eigenvalue weighted by Gasteiger charge is -2.32. The molecule has 0 fully saturated rings. The normalized spacial score (nSPS) is 18.7. The van der Waals surface area contributed by atoms with Crippen molar-refractivity contribution >= 4 is 11.7 Å². The molecule has 2 N–H and O–H groups in total. The first-order valence-electron chi connectivity index (χ1n) is 9.54. The van der Waals surface area contributed by atoms with Gasteiger partial charge < -0.3 is 15.2 Å². The van der Waals surface area contributed by atoms with Crippen molar-refractivity contribution in [2.45, 2.75) is 45.1 Å². The van der Waals surface area contributed by atoms with Crippen LogP contribution in [0.2, 0.25) is 0 Å². The number of benzene rings is 1. The lowest BCUT2D eigenvalue weighted by Crippen LogP contribution is -2.31. The van der Waals surface area contributed by atoms with Crippen molar-refractivity contribution < 1.29 is 14.6 Å². The molecule has 2 heterocycles. The van der Waals surface area contributed by atoms with E-state index < -0.39 is 0 Å². The number of para-hydroxylation sites is 1. The van der Waals surface area contributed by atoms with Gasteiger partial charge in [0.05, 0.1) is 6.61 Å². The van der Waals surface area contributed by atoms with Crippen LogP contribution in [0.3, 0.4) is 0 Å². The number of Topliss-reactive ketones (excluding diaryl/α,β-unsaturated/α-hetero) is 1. The molecule has 1 aliphatic heterocycles. The van der Waals surface area contributed by atoms with Crippen molar-refractivity contribution in [2.24, 2.45) is 0 Å². The molecule has 142 valence electrons. The Balaban J connectivity index is 1.85. The number of allylic oxidation sites excluding steroid dienone is 2. The van der Waals surface area contributed by atoms with E-state index in [9.17, 15) is 4.79 Å². The van der Waals surface area contributed by atoms with Gasteiger partial charge in [0, 0.05) is 36.3 Å². The van der Waals surface area contributed by atoms with E-state index in [2.05, 4.69) is 15.4 Å². The van der Waals surface area contributed by atoms with Crippen LogP contribution in [-0.4, -0.2) is 38.9 Å². The highest BCUT2D eigenvalue weighted by Gasteiger charge is 2.37. The minimum absolute atomic E-state index is 0.0984. The van der Waals surface area contributed by atoms with Crippen molar-refractivity contribution in [3.8, 4) is 5.75 Å². The lowest BCUT2D eigenvalue weighted by molar-refractivity contribution is -0.116. The highest BCUT2D eigenvalue weighted by molar-refractivity contribution is 5.99. The van der Waals surface area contributed by atoms with Crippen LogP contribution in [0, 0.1) is 0 Å². The zero-order chi connectivity index (χ0) is 18.8. The summed E-state index contributed by atoms with van der Waals surface area (Å²) in [6, 6.07) is 7.46. The number of aryl methyl sites for hydroxylation is 1. The molecule has 0 saturated carbocycles. The number of ketones is 1. The molecule has 1 atom stereocenters. The van der Waals surface area contributed by atoms with Crippen LogP contribution in [0.1, 0.15) is 50.0 Å². The van der Waals surface area contributed by atoms with Crippen molar-refractivity contribution in [1.82, 2.24) is 14.8 Å². The molecular weight excluding hydrogens is 344 g/mol. The molecule has 27 heavy (non-hydrogen) atoms. The summed E-state index contributed by atoms with van der Waals surface area (Å²) < 4.78 is 7.64. The zero-order valence-corrected chi connectivity index (χ0v) is 15.4. The van der Waals surface area contributed by atoms with E-state index in [-0.39, 0.29) is 18.4 Å². The van der Waals surface area contributed by atoms with Gasteiger partial charge in [0.25, 0.3) is 0 Å². The maximum Gasteiger partial charge on any atom is 0.226 e. The number of carbonyl (C=O) groups is 1. The molecule has 0 radical (unpaired) electrons. The molecule has 1 unspecified atom stereocenters. The predicted molar refractivity (Wildman–Crippen MR) is 101 cm³/mol. The van der Waals surface area contributed by atoms with E-state index in [0.717, 1.165) is 35.4 Å². The molecule has 7 nitrogen and oxygen atoms in total. The number of rotatable bonds is 6. The van der Waals surface area contributed by atoms with E-state index in [0.29, 0.717) is 37.6 Å². The second-order valence-electron chi connectivity index (χ2n) is 6.79. The van der Waals surface area contributed by atoms with Gasteiger partial charge in [0.2, 0.25) is 5.95 Å². The Morgan fingerprint density at radius 3 is 3.00 bits per heavy atom. The molecule has 1 aromatic carbocycles. The third-order valence-corrected chi connectivity index (χ3v) is 4.98. The van der Waals surface area contributed by atoms with Crippen LogP contribution >= 0.6 is 0 Å². The van der Waals surface area contributed by atoms with Crippen LogP contribution in [0.4, 0.5) is 5.95 Å². The molecule has 1 aromatic heterocycles. The lowest BCUT2D eigenvalue weighted by atomic mass is 9.85. The van der Waals surface area contributed by atoms with Gasteiger partial charge in [0.15, 0.2) is 11.6 Å². The molecule has 7 heteroatoms. The highest BCUT2D eigenvalue weighted by Crippen LogP contribution is 2.42. The van der Waals surface area contributed by atoms with E-state index in [4.69, 9.17) is 9.84 Å². The van der Waals surface area contributed by atoms with Crippen molar-refractivity contribution in [3.05, 3.63) is 46.9 Å². The average Bonchev–Trinajstić information content (AvgIpc) is 3.08. The fourth-order valence-corrected chi connectivity index (χ4v) is 3.82. The number of aliphatic hydroxyl groups is 1. The Morgan fingerprint density at radius 2 is 2.19 bits per heavy atom. The number of hydrogen-bond donors (Lipinski definition) is 2. The maximum absolute atomic E-state index is 12.8. The molecule has 0 spiro atoms. The van der Waals surface area contributed by atoms with E-state index >= 15 is 0 Å². The number of aromatic nitrogens is 3. The van der Waals surface area contributed by atoms with Crippen molar-refractivity contribution in [1.29, 1.82) is 0 Å². The second-order valence-corrected chi connectivity index (χ2v) is 6.79. The average molecular weight is 368 g/mol. The van der Waals surface area contributed by atoms with Crippen LogP contribution in [0.5, 0.6) is 5.75 Å². The summed E-state index contributed by atoms with van der Waals surface area (Å²) in [4.78, 5) is 17.4. The molecule has 1 aliphatic carbocycles. The molecule has 0 saturated heterocycles. The number of nitrogens with one attached hydrogen (secondary N) is 1. The summed E-state index contributed by atoms with van der Waals surface area (Å²) >= 11 is 0. The second kappa shape index (κ2) is 7.52. The molecule has 2 aromatic rings. The Labute approximate surface area is 158 Å². The molecule has 0 bridgehead atoms. The van der Waals surface area contributed by atoms with Gasteiger partial charge in [-0.3, -0.25) is 4.79 Å². The van der Waals surface area contributed by atoms with Gasteiger partial charge in [-0.05, 0) is 32.3 Å². The molecular formula is C20H24N4O3. The van der Waals surface area contributed by atoms with Gasteiger partial charge >= 0.3 is 0 Å². The Bertz CT molecular complexity index is 887. The number of nitrogens with zero attached hydrogens (tertiary/aromatic N) is 3. The first-order valence-corrected chi connectivity index (χ1v) is 9.54. The van der Waals surface area contributed by atoms with Crippen LogP contribution < -0.4 is 10.1 Å². The predicted octanol–water partition coefficient (Wildman–Crippen LogP) is 2.62. The fraction of sp³-hybridized carbons (Fsp3) is 0.450. The highest BCUT2D eigenvalue weighted by atomic mass is 16.5. The monoisotopic (exact) mass is 368 g/mol. The first kappa shape index (κ1) is 17.7. The summed E-state index contributed by atoms with van der Waals surface area (Å²) in [6.07, 6.45) is 3.42. The zero-order valence-electron chi connectivity index (χ0n) is 15.4. The largest absolute Gasteiger partial charge is 0.494 e. The molecule has 4 rings (SSSR count). The third-order valence-electron chi connectivity index (χ3n) is 4.98. The van der Waals surface area contributed by atoms with Gasteiger partial charge in [-0.25, -0.2) is 4.68 Å². The van der Waals surface area contributed by atoms with Gasteiger partial charge in [0.1, 0.15) is 11.8 Å².